The molecule has 7 heteroatoms. The number of aryl methyl sites for hydroxylation is 1. The number of nitrogens with one attached hydrogen (secondary N) is 1. The van der Waals surface area contributed by atoms with Gasteiger partial charge in [0.05, 0.1) is 5.52 Å². The van der Waals surface area contributed by atoms with Gasteiger partial charge in [-0.25, -0.2) is 9.78 Å². The van der Waals surface area contributed by atoms with Crippen molar-refractivity contribution in [3.8, 4) is 5.75 Å². The quantitative estimate of drug-likeness (QED) is 0.695. The summed E-state index contributed by atoms with van der Waals surface area (Å²) in [6.45, 7) is 1.77. The summed E-state index contributed by atoms with van der Waals surface area (Å²) in [5.74, 6) is 0.393. The maximum absolute atomic E-state index is 11.8. The van der Waals surface area contributed by atoms with E-state index in [0.29, 0.717) is 21.8 Å². The van der Waals surface area contributed by atoms with Crippen LogP contribution in [0, 0.1) is 0 Å². The number of esters is 1. The number of aromatic amines is 1. The highest BCUT2D eigenvalue weighted by Crippen LogP contribution is 2.14. The van der Waals surface area contributed by atoms with Crippen LogP contribution in [-0.4, -0.2) is 22.5 Å². The maximum atomic E-state index is 11.8. The summed E-state index contributed by atoms with van der Waals surface area (Å²) in [5, 5.41) is 1.79. The summed E-state index contributed by atoms with van der Waals surface area (Å²) >= 11 is 1.32. The van der Waals surface area contributed by atoms with Crippen molar-refractivity contribution in [2.45, 2.75) is 20.0 Å². The van der Waals surface area contributed by atoms with E-state index < -0.39 is 5.97 Å². The zero-order chi connectivity index (χ0) is 16.9. The lowest BCUT2D eigenvalue weighted by atomic mass is 10.2. The molecule has 1 N–H and O–H groups in total. The number of hydrogen-bond acceptors (Lipinski definition) is 6. The molecule has 0 saturated carbocycles. The first-order valence-corrected chi connectivity index (χ1v) is 8.37. The number of fused-ring (bicyclic) bond motifs is 1. The highest BCUT2D eigenvalue weighted by molar-refractivity contribution is 7.17. The van der Waals surface area contributed by atoms with Crippen molar-refractivity contribution < 1.29 is 14.3 Å². The monoisotopic (exact) mass is 344 g/mol. The Labute approximate surface area is 142 Å². The third kappa shape index (κ3) is 3.80. The third-order valence-corrected chi connectivity index (χ3v) is 4.32. The zero-order valence-corrected chi connectivity index (χ0v) is 13.9. The zero-order valence-electron chi connectivity index (χ0n) is 13.1. The number of aromatic nitrogens is 2. The first kappa shape index (κ1) is 16.2. The Hall–Kier alpha value is -2.67. The number of carbonyl (C=O) groups excluding carboxylic acids is 1. The molecule has 1 aromatic carbocycles. The van der Waals surface area contributed by atoms with Crippen LogP contribution in [0.25, 0.3) is 10.2 Å². The van der Waals surface area contributed by atoms with E-state index in [1.807, 2.05) is 24.3 Å². The van der Waals surface area contributed by atoms with Crippen molar-refractivity contribution in [3.05, 3.63) is 57.5 Å². The molecule has 0 bridgehead atoms. The van der Waals surface area contributed by atoms with Crippen molar-refractivity contribution in [2.75, 3.05) is 6.61 Å². The molecule has 0 aliphatic heterocycles. The van der Waals surface area contributed by atoms with E-state index in [1.165, 1.54) is 16.9 Å². The second kappa shape index (κ2) is 7.27. The standard InChI is InChI=1S/C17H16N2O4S/c1-2-11-3-5-12(6-4-11)22-10-15(20)23-9-14-18-13-7-8-24-16(13)17(21)19-14/h3-8H,2,9-10H2,1H3,(H,18,19,21). The topological polar surface area (TPSA) is 81.3 Å². The molecule has 0 aliphatic carbocycles. The number of H-pyrrole nitrogens is 1. The Morgan fingerprint density at radius 2 is 2.04 bits per heavy atom. The van der Waals surface area contributed by atoms with E-state index in [2.05, 4.69) is 16.9 Å². The Balaban J connectivity index is 1.53. The predicted octanol–water partition coefficient (Wildman–Crippen LogP) is 2.67. The van der Waals surface area contributed by atoms with Gasteiger partial charge >= 0.3 is 5.97 Å². The second-order valence-electron chi connectivity index (χ2n) is 5.09. The van der Waals surface area contributed by atoms with Gasteiger partial charge in [-0.2, -0.15) is 0 Å². The minimum atomic E-state index is -0.525. The molecule has 0 atom stereocenters. The van der Waals surface area contributed by atoms with Crippen LogP contribution in [0.1, 0.15) is 18.3 Å². The van der Waals surface area contributed by atoms with Gasteiger partial charge in [0.15, 0.2) is 6.61 Å². The van der Waals surface area contributed by atoms with Gasteiger partial charge in [-0.15, -0.1) is 11.3 Å². The summed E-state index contributed by atoms with van der Waals surface area (Å²) in [4.78, 5) is 30.4. The van der Waals surface area contributed by atoms with Crippen LogP contribution in [0.15, 0.2) is 40.5 Å². The Kier molecular flexibility index (Phi) is 4.90. The van der Waals surface area contributed by atoms with Crippen LogP contribution in [0.4, 0.5) is 0 Å². The van der Waals surface area contributed by atoms with Crippen molar-refractivity contribution in [3.63, 3.8) is 0 Å². The van der Waals surface area contributed by atoms with Gasteiger partial charge in [-0.05, 0) is 35.6 Å². The van der Waals surface area contributed by atoms with E-state index in [0.717, 1.165) is 6.42 Å². The molecule has 24 heavy (non-hydrogen) atoms. The predicted molar refractivity (Wildman–Crippen MR) is 91.4 cm³/mol. The van der Waals surface area contributed by atoms with E-state index in [1.54, 1.807) is 11.4 Å². The summed E-state index contributed by atoms with van der Waals surface area (Å²) in [5.41, 5.74) is 1.57. The van der Waals surface area contributed by atoms with Crippen LogP contribution in [-0.2, 0) is 22.6 Å². The Morgan fingerprint density at radius 3 is 2.79 bits per heavy atom. The van der Waals surface area contributed by atoms with Crippen LogP contribution < -0.4 is 10.3 Å². The second-order valence-corrected chi connectivity index (χ2v) is 6.01. The molecular formula is C17H16N2O4S. The fourth-order valence-corrected chi connectivity index (χ4v) is 2.87. The Bertz CT molecular complexity index is 899. The smallest absolute Gasteiger partial charge is 0.344 e. The molecule has 0 aliphatic rings. The number of nitrogens with zero attached hydrogens (tertiary/aromatic N) is 1. The van der Waals surface area contributed by atoms with E-state index in [9.17, 15) is 9.59 Å². The van der Waals surface area contributed by atoms with Gasteiger partial charge in [0.1, 0.15) is 22.9 Å². The van der Waals surface area contributed by atoms with Gasteiger partial charge < -0.3 is 14.5 Å². The largest absolute Gasteiger partial charge is 0.482 e. The Morgan fingerprint density at radius 1 is 1.25 bits per heavy atom. The normalized spacial score (nSPS) is 10.7. The number of carbonyl (C=O) groups is 1. The van der Waals surface area contributed by atoms with Gasteiger partial charge in [-0.1, -0.05) is 19.1 Å². The lowest BCUT2D eigenvalue weighted by Gasteiger charge is -2.07. The minimum absolute atomic E-state index is 0.0992. The summed E-state index contributed by atoms with van der Waals surface area (Å²) in [7, 11) is 0. The highest BCUT2D eigenvalue weighted by atomic mass is 32.1. The van der Waals surface area contributed by atoms with Crippen molar-refractivity contribution in [1.82, 2.24) is 9.97 Å². The highest BCUT2D eigenvalue weighted by Gasteiger charge is 2.09. The van der Waals surface area contributed by atoms with Crippen LogP contribution in [0.5, 0.6) is 5.75 Å². The molecule has 124 valence electrons. The lowest BCUT2D eigenvalue weighted by Crippen LogP contribution is -2.17. The van der Waals surface area contributed by atoms with Gasteiger partial charge in [0, 0.05) is 0 Å². The van der Waals surface area contributed by atoms with Crippen LogP contribution in [0.2, 0.25) is 0 Å². The molecule has 0 unspecified atom stereocenters. The third-order valence-electron chi connectivity index (χ3n) is 3.42. The summed E-state index contributed by atoms with van der Waals surface area (Å²) in [6, 6.07) is 9.28. The molecular weight excluding hydrogens is 328 g/mol. The van der Waals surface area contributed by atoms with Crippen molar-refractivity contribution >= 4 is 27.5 Å². The van der Waals surface area contributed by atoms with E-state index in [-0.39, 0.29) is 18.8 Å². The van der Waals surface area contributed by atoms with Crippen LogP contribution in [0.3, 0.4) is 0 Å². The van der Waals surface area contributed by atoms with E-state index in [4.69, 9.17) is 9.47 Å². The van der Waals surface area contributed by atoms with E-state index >= 15 is 0 Å². The number of benzene rings is 1. The maximum Gasteiger partial charge on any atom is 0.344 e. The first-order chi connectivity index (χ1) is 11.7. The minimum Gasteiger partial charge on any atom is -0.482 e. The fourth-order valence-electron chi connectivity index (χ4n) is 2.14. The number of thiophene rings is 1. The van der Waals surface area contributed by atoms with Gasteiger partial charge in [-0.3, -0.25) is 4.79 Å². The number of hydrogen-bond donors (Lipinski definition) is 1. The molecule has 0 fully saturated rings. The van der Waals surface area contributed by atoms with Crippen molar-refractivity contribution in [1.29, 1.82) is 0 Å². The van der Waals surface area contributed by atoms with Crippen molar-refractivity contribution in [2.24, 2.45) is 0 Å². The number of rotatable bonds is 6. The molecule has 2 aromatic heterocycles. The molecule has 3 aromatic rings. The molecule has 0 spiro atoms. The molecule has 0 radical (unpaired) electrons. The average molecular weight is 344 g/mol. The van der Waals surface area contributed by atoms with Gasteiger partial charge in [0.2, 0.25) is 0 Å². The molecule has 0 saturated heterocycles. The molecule has 6 nitrogen and oxygen atoms in total. The fraction of sp³-hybridized carbons (Fsp3) is 0.235. The SMILES string of the molecule is CCc1ccc(OCC(=O)OCc2nc3ccsc3c(=O)[nH]2)cc1. The molecule has 3 rings (SSSR count). The summed E-state index contributed by atoms with van der Waals surface area (Å²) < 4.78 is 11.0. The average Bonchev–Trinajstić information content (AvgIpc) is 3.08. The lowest BCUT2D eigenvalue weighted by molar-refractivity contribution is -0.147. The number of ether oxygens (including phenoxy) is 2. The van der Waals surface area contributed by atoms with Gasteiger partial charge in [0.25, 0.3) is 5.56 Å². The molecule has 0 amide bonds. The molecule has 2 heterocycles. The first-order valence-electron chi connectivity index (χ1n) is 7.49. The summed E-state index contributed by atoms with van der Waals surface area (Å²) in [6.07, 6.45) is 0.946. The van der Waals surface area contributed by atoms with Crippen LogP contribution >= 0.6 is 11.3 Å².